The maximum Gasteiger partial charge on any atom is 0.279 e. The van der Waals surface area contributed by atoms with Crippen molar-refractivity contribution in [3.05, 3.63) is 55.8 Å². The molecule has 24 heavy (non-hydrogen) atoms. The first kappa shape index (κ1) is 14.9. The predicted octanol–water partition coefficient (Wildman–Crippen LogP) is 0.979. The topological polar surface area (TPSA) is 79.8 Å². The van der Waals surface area contributed by atoms with E-state index in [9.17, 15) is 14.3 Å². The number of amides is 1. The summed E-state index contributed by atoms with van der Waals surface area (Å²) in [7, 11) is 1.63. The fourth-order valence-electron chi connectivity index (χ4n) is 2.37. The highest BCUT2D eigenvalue weighted by Gasteiger charge is 2.25. The average Bonchev–Trinajstić information content (AvgIpc) is 3.23. The van der Waals surface area contributed by atoms with Crippen LogP contribution in [0.1, 0.15) is 4.88 Å². The van der Waals surface area contributed by atoms with Gasteiger partial charge in [0.15, 0.2) is 4.80 Å². The number of hydrogen-bond donors (Lipinski definition) is 1. The number of nitrogens with zero attached hydrogens (tertiary/aromatic N) is 4. The first-order chi connectivity index (χ1) is 11.5. The summed E-state index contributed by atoms with van der Waals surface area (Å²) in [5.74, 6) is -1.09. The fraction of sp³-hybridized carbons (Fsp3) is 0.0667. The van der Waals surface area contributed by atoms with Crippen LogP contribution in [0.3, 0.4) is 0 Å². The number of thiazole rings is 2. The number of fused-ring (bicyclic) bond motifs is 1. The van der Waals surface area contributed by atoms with Crippen molar-refractivity contribution in [3.63, 3.8) is 0 Å². The number of hydrogen-bond acceptors (Lipinski definition) is 6. The zero-order chi connectivity index (χ0) is 16.8. The molecule has 0 fully saturated rings. The summed E-state index contributed by atoms with van der Waals surface area (Å²) in [5.41, 5.74) is 0.184. The van der Waals surface area contributed by atoms with Gasteiger partial charge in [-0.25, -0.2) is 14.4 Å². The number of carbonyl (C=O) groups is 1. The minimum Gasteiger partial charge on any atom is -0.493 e. The van der Waals surface area contributed by atoms with E-state index in [4.69, 9.17) is 0 Å². The van der Waals surface area contributed by atoms with Crippen LogP contribution in [0.25, 0.3) is 5.57 Å². The van der Waals surface area contributed by atoms with Crippen molar-refractivity contribution in [3.8, 4) is 5.88 Å². The van der Waals surface area contributed by atoms with Crippen LogP contribution in [0.4, 0.5) is 9.52 Å². The zero-order valence-electron chi connectivity index (χ0n) is 12.2. The molecule has 120 valence electrons. The lowest BCUT2D eigenvalue weighted by Gasteiger charge is -1.98. The van der Waals surface area contributed by atoms with Gasteiger partial charge in [-0.15, -0.1) is 11.3 Å². The van der Waals surface area contributed by atoms with Crippen LogP contribution in [0.15, 0.2) is 39.8 Å². The van der Waals surface area contributed by atoms with E-state index in [-0.39, 0.29) is 11.5 Å². The molecule has 2 aromatic heterocycles. The highest BCUT2D eigenvalue weighted by Crippen LogP contribution is 2.28. The molecule has 3 aromatic rings. The third-order valence-corrected chi connectivity index (χ3v) is 5.31. The number of aromatic nitrogens is 2. The van der Waals surface area contributed by atoms with E-state index < -0.39 is 11.7 Å². The van der Waals surface area contributed by atoms with Crippen molar-refractivity contribution in [2.45, 2.75) is 0 Å². The largest absolute Gasteiger partial charge is 0.493 e. The lowest BCUT2D eigenvalue weighted by Crippen LogP contribution is -2.23. The summed E-state index contributed by atoms with van der Waals surface area (Å²) in [6, 6.07) is 3.94. The number of rotatable bonds is 2. The van der Waals surface area contributed by atoms with E-state index in [1.165, 1.54) is 34.1 Å². The van der Waals surface area contributed by atoms with E-state index in [2.05, 4.69) is 15.0 Å². The third-order valence-electron chi connectivity index (χ3n) is 3.50. The minimum absolute atomic E-state index is 0.119. The molecule has 6 nitrogen and oxygen atoms in total. The van der Waals surface area contributed by atoms with E-state index >= 15 is 0 Å². The Labute approximate surface area is 142 Å². The Bertz CT molecular complexity index is 1160. The minimum atomic E-state index is -0.506. The molecule has 1 N–H and O–H groups in total. The normalized spacial score (nSPS) is 14.2. The van der Waals surface area contributed by atoms with Crippen molar-refractivity contribution < 1.29 is 14.3 Å². The number of benzene rings is 1. The van der Waals surface area contributed by atoms with Crippen LogP contribution >= 0.6 is 22.7 Å². The number of aromatic hydroxyl groups is 1. The third kappa shape index (κ3) is 2.29. The van der Waals surface area contributed by atoms with Crippen LogP contribution in [-0.4, -0.2) is 20.6 Å². The monoisotopic (exact) mass is 360 g/mol. The van der Waals surface area contributed by atoms with E-state index in [1.54, 1.807) is 18.6 Å². The molecular weight excluding hydrogens is 351 g/mol. The molecule has 1 amide bonds. The molecule has 0 atom stereocenters. The Morgan fingerprint density at radius 1 is 1.38 bits per heavy atom. The maximum absolute atomic E-state index is 13.6. The lowest BCUT2D eigenvalue weighted by molar-refractivity contribution is -0.112. The Kier molecular flexibility index (Phi) is 3.39. The van der Waals surface area contributed by atoms with Crippen LogP contribution in [-0.2, 0) is 11.8 Å². The van der Waals surface area contributed by atoms with E-state index in [0.717, 1.165) is 11.3 Å². The van der Waals surface area contributed by atoms with Gasteiger partial charge in [-0.1, -0.05) is 11.3 Å². The second kappa shape index (κ2) is 5.46. The molecule has 0 spiro atoms. The predicted molar refractivity (Wildman–Crippen MR) is 87.0 cm³/mol. The molecule has 0 radical (unpaired) electrons. The summed E-state index contributed by atoms with van der Waals surface area (Å²) in [6.45, 7) is 0. The molecule has 1 aliphatic heterocycles. The van der Waals surface area contributed by atoms with Gasteiger partial charge in [0.2, 0.25) is 11.0 Å². The van der Waals surface area contributed by atoms with Gasteiger partial charge in [-0.3, -0.25) is 9.36 Å². The molecule has 0 unspecified atom stereocenters. The molecule has 3 heterocycles. The smallest absolute Gasteiger partial charge is 0.279 e. The zero-order valence-corrected chi connectivity index (χ0v) is 13.9. The molecule has 9 heteroatoms. The van der Waals surface area contributed by atoms with Crippen LogP contribution in [0.5, 0.6) is 5.88 Å². The molecule has 0 saturated carbocycles. The second-order valence-corrected chi connectivity index (χ2v) is 6.83. The number of carbonyl (C=O) groups excluding carboxylic acids is 1. The van der Waals surface area contributed by atoms with Crippen LogP contribution in [0.2, 0.25) is 0 Å². The van der Waals surface area contributed by atoms with E-state index in [1.807, 2.05) is 0 Å². The fourth-order valence-corrected chi connectivity index (χ4v) is 4.00. The van der Waals surface area contributed by atoms with Gasteiger partial charge < -0.3 is 5.11 Å². The van der Waals surface area contributed by atoms with E-state index in [0.29, 0.717) is 25.4 Å². The molecule has 0 saturated heterocycles. The summed E-state index contributed by atoms with van der Waals surface area (Å²) in [6.07, 6.45) is 1.63. The number of halogens is 1. The summed E-state index contributed by atoms with van der Waals surface area (Å²) < 4.78 is 15.0. The van der Waals surface area contributed by atoms with Crippen molar-refractivity contribution in [1.29, 1.82) is 0 Å². The van der Waals surface area contributed by atoms with Gasteiger partial charge in [0, 0.05) is 23.8 Å². The second-order valence-electron chi connectivity index (χ2n) is 4.98. The standard InChI is InChI=1S/C15H9FN4O2S2/c1-20-13(22)11(24-15(20)19-14-17-4-5-23-14)10-8-6-7(16)2-3-9(8)18-12(10)21/h2-6,22H,1H3/b19-15+. The first-order valence-corrected chi connectivity index (χ1v) is 8.50. The maximum atomic E-state index is 13.6. The molecular formula is C15H9FN4O2S2. The first-order valence-electron chi connectivity index (χ1n) is 6.81. The lowest BCUT2D eigenvalue weighted by atomic mass is 10.1. The van der Waals surface area contributed by atoms with Gasteiger partial charge in [0.25, 0.3) is 5.91 Å². The summed E-state index contributed by atoms with van der Waals surface area (Å²) in [4.78, 5) is 25.4. The van der Waals surface area contributed by atoms with Crippen molar-refractivity contribution in [2.75, 3.05) is 0 Å². The summed E-state index contributed by atoms with van der Waals surface area (Å²) >= 11 is 2.48. The molecule has 1 aliphatic rings. The SMILES string of the molecule is Cn1c(O)c(C2=c3cc(F)ccc3=NC2=O)s/c1=N/c1nccs1. The Morgan fingerprint density at radius 3 is 2.96 bits per heavy atom. The molecule has 1 aromatic carbocycles. The Balaban J connectivity index is 2.01. The van der Waals surface area contributed by atoms with Gasteiger partial charge in [-0.05, 0) is 18.2 Å². The van der Waals surface area contributed by atoms with Gasteiger partial charge in [0.05, 0.1) is 10.9 Å². The Morgan fingerprint density at radius 2 is 2.21 bits per heavy atom. The summed E-state index contributed by atoms with van der Waals surface area (Å²) in [5, 5.41) is 13.5. The molecule has 0 bridgehead atoms. The molecule has 4 rings (SSSR count). The highest BCUT2D eigenvalue weighted by molar-refractivity contribution is 7.13. The molecule has 0 aliphatic carbocycles. The Hall–Kier alpha value is -2.65. The van der Waals surface area contributed by atoms with Crippen molar-refractivity contribution in [2.24, 2.45) is 17.0 Å². The van der Waals surface area contributed by atoms with Gasteiger partial charge >= 0.3 is 0 Å². The quantitative estimate of drug-likeness (QED) is 0.740. The van der Waals surface area contributed by atoms with Crippen LogP contribution in [0, 0.1) is 5.82 Å². The highest BCUT2D eigenvalue weighted by atomic mass is 32.1. The van der Waals surface area contributed by atoms with Gasteiger partial charge in [-0.2, -0.15) is 4.99 Å². The average molecular weight is 360 g/mol. The van der Waals surface area contributed by atoms with Gasteiger partial charge in [0.1, 0.15) is 10.7 Å². The van der Waals surface area contributed by atoms with Crippen molar-refractivity contribution in [1.82, 2.24) is 9.55 Å². The van der Waals surface area contributed by atoms with Crippen LogP contribution < -0.4 is 15.4 Å². The van der Waals surface area contributed by atoms with Crippen molar-refractivity contribution >= 4 is 39.3 Å².